The minimum atomic E-state index is -2.98. The third kappa shape index (κ3) is 4.84. The number of pyridine rings is 1. The monoisotopic (exact) mass is 542 g/mol. The summed E-state index contributed by atoms with van der Waals surface area (Å²) in [5.41, 5.74) is 1.24. The first-order valence-electron chi connectivity index (χ1n) is 11.4. The summed E-state index contributed by atoms with van der Waals surface area (Å²) in [6.07, 6.45) is 3.18. The van der Waals surface area contributed by atoms with Gasteiger partial charge in [0, 0.05) is 42.4 Å². The van der Waals surface area contributed by atoms with Crippen LogP contribution in [-0.4, -0.2) is 24.8 Å². The van der Waals surface area contributed by atoms with Crippen LogP contribution >= 0.6 is 11.6 Å². The molecule has 194 valence electrons. The van der Waals surface area contributed by atoms with Gasteiger partial charge in [0.15, 0.2) is 6.20 Å². The maximum Gasteiger partial charge on any atom is 0.264 e. The highest BCUT2D eigenvalue weighted by Gasteiger charge is 2.27. The summed E-state index contributed by atoms with van der Waals surface area (Å²) in [6.45, 7) is 0. The second-order valence-corrected chi connectivity index (χ2v) is 9.00. The Labute approximate surface area is 219 Å². The predicted octanol–water partition coefficient (Wildman–Crippen LogP) is 5.68. The molecule has 0 aliphatic heterocycles. The maximum atomic E-state index is 14.8. The summed E-state index contributed by atoms with van der Waals surface area (Å²) >= 11 is 5.85. The molecule has 0 saturated heterocycles. The summed E-state index contributed by atoms with van der Waals surface area (Å²) in [4.78, 5) is 0. The van der Waals surface area contributed by atoms with Crippen molar-refractivity contribution < 1.29 is 22.3 Å². The number of aromatic nitrogens is 6. The number of aryl methyl sites for hydroxylation is 1. The smallest absolute Gasteiger partial charge is 0.264 e. The molecule has 0 saturated carbocycles. The predicted molar refractivity (Wildman–Crippen MR) is 131 cm³/mol. The molecule has 5 rings (SSSR count). The molecule has 0 amide bonds. The van der Waals surface area contributed by atoms with Crippen molar-refractivity contribution in [1.29, 1.82) is 0 Å². The second kappa shape index (κ2) is 10.3. The Kier molecular flexibility index (Phi) is 6.85. The molecule has 0 spiro atoms. The zero-order valence-electron chi connectivity index (χ0n) is 19.8. The third-order valence-corrected chi connectivity index (χ3v) is 6.50. The lowest BCUT2D eigenvalue weighted by molar-refractivity contribution is -0.615. The van der Waals surface area contributed by atoms with E-state index in [4.69, 9.17) is 11.6 Å². The van der Waals surface area contributed by atoms with Crippen molar-refractivity contribution in [2.75, 3.05) is 0 Å². The number of alkyl halides is 2. The summed E-state index contributed by atoms with van der Waals surface area (Å²) in [6, 6.07) is 10.0. The van der Waals surface area contributed by atoms with E-state index in [9.17, 15) is 22.8 Å². The van der Waals surface area contributed by atoms with Crippen LogP contribution in [0.5, 0.6) is 0 Å². The van der Waals surface area contributed by atoms with Crippen molar-refractivity contribution in [2.24, 2.45) is 7.05 Å². The number of benzene rings is 2. The SMILES string of the molecule is Cn1nncc1-c1cnn([C@@H](Cc2ccc(F)cc2)c2ccc(-c3c(C(F)F)ccc(Cl)c3F)c[n+]2[O-])c1. The summed E-state index contributed by atoms with van der Waals surface area (Å²) in [5, 5.41) is 25.2. The maximum absolute atomic E-state index is 14.8. The highest BCUT2D eigenvalue weighted by Crippen LogP contribution is 2.36. The van der Waals surface area contributed by atoms with Gasteiger partial charge in [0.25, 0.3) is 6.43 Å². The first-order valence-corrected chi connectivity index (χ1v) is 11.7. The van der Waals surface area contributed by atoms with Gasteiger partial charge in [-0.3, -0.25) is 4.68 Å². The van der Waals surface area contributed by atoms with Crippen LogP contribution < -0.4 is 4.73 Å². The average molecular weight is 543 g/mol. The number of rotatable bonds is 7. The molecule has 0 N–H and O–H groups in total. The zero-order valence-corrected chi connectivity index (χ0v) is 20.5. The Morgan fingerprint density at radius 1 is 1.00 bits per heavy atom. The Bertz CT molecular complexity index is 1600. The van der Waals surface area contributed by atoms with E-state index >= 15 is 0 Å². The summed E-state index contributed by atoms with van der Waals surface area (Å²) in [5.74, 6) is -1.45. The van der Waals surface area contributed by atoms with E-state index in [2.05, 4.69) is 15.4 Å². The molecular weight excluding hydrogens is 524 g/mol. The van der Waals surface area contributed by atoms with Gasteiger partial charge in [0.05, 0.1) is 28.7 Å². The summed E-state index contributed by atoms with van der Waals surface area (Å²) < 4.78 is 59.2. The molecule has 38 heavy (non-hydrogen) atoms. The van der Waals surface area contributed by atoms with Gasteiger partial charge in [0.1, 0.15) is 17.7 Å². The van der Waals surface area contributed by atoms with E-state index < -0.39 is 35.2 Å². The topological polar surface area (TPSA) is 75.5 Å². The number of hydrogen-bond acceptors (Lipinski definition) is 4. The Morgan fingerprint density at radius 3 is 2.42 bits per heavy atom. The zero-order chi connectivity index (χ0) is 27.0. The molecule has 0 aliphatic rings. The van der Waals surface area contributed by atoms with Crippen LogP contribution in [-0.2, 0) is 13.5 Å². The Balaban J connectivity index is 1.59. The molecule has 5 aromatic rings. The first kappa shape index (κ1) is 25.4. The van der Waals surface area contributed by atoms with Gasteiger partial charge in [-0.1, -0.05) is 35.0 Å². The van der Waals surface area contributed by atoms with Crippen LogP contribution in [0, 0.1) is 16.8 Å². The highest BCUT2D eigenvalue weighted by atomic mass is 35.5. The summed E-state index contributed by atoms with van der Waals surface area (Å²) in [7, 11) is 1.72. The van der Waals surface area contributed by atoms with Crippen molar-refractivity contribution in [2.45, 2.75) is 18.9 Å². The fourth-order valence-electron chi connectivity index (χ4n) is 4.31. The van der Waals surface area contributed by atoms with Crippen molar-refractivity contribution in [3.63, 3.8) is 0 Å². The average Bonchev–Trinajstić information content (AvgIpc) is 3.54. The molecule has 1 atom stereocenters. The normalized spacial score (nSPS) is 12.3. The van der Waals surface area contributed by atoms with Crippen LogP contribution in [0.1, 0.15) is 29.3 Å². The van der Waals surface area contributed by atoms with Crippen molar-refractivity contribution in [3.05, 3.63) is 112 Å². The lowest BCUT2D eigenvalue weighted by Crippen LogP contribution is -2.36. The molecule has 7 nitrogen and oxygen atoms in total. The van der Waals surface area contributed by atoms with Gasteiger partial charge in [-0.25, -0.2) is 22.2 Å². The van der Waals surface area contributed by atoms with Gasteiger partial charge in [-0.2, -0.15) is 9.83 Å². The van der Waals surface area contributed by atoms with E-state index in [0.29, 0.717) is 16.0 Å². The molecule has 3 aromatic heterocycles. The minimum absolute atomic E-state index is 0.0540. The van der Waals surface area contributed by atoms with Crippen LogP contribution in [0.25, 0.3) is 22.4 Å². The molecule has 3 heterocycles. The molecule has 12 heteroatoms. The largest absolute Gasteiger partial charge is 0.618 e. The van der Waals surface area contributed by atoms with Crippen molar-refractivity contribution in [1.82, 2.24) is 24.8 Å². The van der Waals surface area contributed by atoms with Crippen LogP contribution in [0.2, 0.25) is 5.02 Å². The van der Waals surface area contributed by atoms with Gasteiger partial charge in [0.2, 0.25) is 5.69 Å². The van der Waals surface area contributed by atoms with E-state index in [1.165, 1.54) is 24.3 Å². The minimum Gasteiger partial charge on any atom is -0.618 e. The highest BCUT2D eigenvalue weighted by molar-refractivity contribution is 6.31. The molecule has 0 fully saturated rings. The molecular formula is C26H19ClF4N6O. The van der Waals surface area contributed by atoms with E-state index in [0.717, 1.165) is 23.9 Å². The van der Waals surface area contributed by atoms with Gasteiger partial charge in [-0.05, 0) is 29.8 Å². The second-order valence-electron chi connectivity index (χ2n) is 8.59. The quantitative estimate of drug-likeness (QED) is 0.151. The lowest BCUT2D eigenvalue weighted by atomic mass is 9.98. The fraction of sp³-hybridized carbons (Fsp3) is 0.154. The first-order chi connectivity index (χ1) is 18.2. The van der Waals surface area contributed by atoms with Gasteiger partial charge >= 0.3 is 0 Å². The number of nitrogens with zero attached hydrogens (tertiary/aromatic N) is 6. The van der Waals surface area contributed by atoms with Crippen molar-refractivity contribution >= 4 is 11.6 Å². The van der Waals surface area contributed by atoms with Crippen molar-refractivity contribution in [3.8, 4) is 22.4 Å². The van der Waals surface area contributed by atoms with E-state index in [-0.39, 0.29) is 22.7 Å². The van der Waals surface area contributed by atoms with Crippen LogP contribution in [0.4, 0.5) is 17.6 Å². The molecule has 0 unspecified atom stereocenters. The van der Waals surface area contributed by atoms with Crippen LogP contribution in [0.15, 0.2) is 73.3 Å². The Hall–Kier alpha value is -4.25. The van der Waals surface area contributed by atoms with Crippen LogP contribution in [0.3, 0.4) is 0 Å². The van der Waals surface area contributed by atoms with Gasteiger partial charge < -0.3 is 5.21 Å². The number of hydrogen-bond donors (Lipinski definition) is 0. The fourth-order valence-corrected chi connectivity index (χ4v) is 4.47. The molecule has 0 aliphatic carbocycles. The molecule has 0 radical (unpaired) electrons. The van der Waals surface area contributed by atoms with E-state index in [1.807, 2.05) is 0 Å². The third-order valence-electron chi connectivity index (χ3n) is 6.21. The molecule has 0 bridgehead atoms. The lowest BCUT2D eigenvalue weighted by Gasteiger charge is -2.18. The van der Waals surface area contributed by atoms with Gasteiger partial charge in [-0.15, -0.1) is 5.10 Å². The Morgan fingerprint density at radius 2 is 1.76 bits per heavy atom. The molecule has 2 aromatic carbocycles. The number of halogens is 5. The van der Waals surface area contributed by atoms with E-state index in [1.54, 1.807) is 47.1 Å². The standard InChI is InChI=1S/C26H19ClF4N6O/c1-35-23(12-32-34-35)17-11-33-36(13-17)22(10-15-2-5-18(28)6-3-15)21-9-4-16(14-37(21)38)24-19(26(30)31)7-8-20(27)25(24)29/h2-9,11-14,22,26H,10H2,1H3/t22-/m0/s1.